The summed E-state index contributed by atoms with van der Waals surface area (Å²) in [5, 5.41) is 11.2. The van der Waals surface area contributed by atoms with Crippen molar-refractivity contribution in [2.75, 3.05) is 5.33 Å². The first-order valence-electron chi connectivity index (χ1n) is 8.66. The highest BCUT2D eigenvalue weighted by Gasteiger charge is 2.26. The minimum atomic E-state index is -0.375. The molecule has 0 aliphatic heterocycles. The minimum Gasteiger partial charge on any atom is -0.391 e. The van der Waals surface area contributed by atoms with Crippen molar-refractivity contribution < 1.29 is 5.11 Å². The van der Waals surface area contributed by atoms with E-state index < -0.39 is 0 Å². The fraction of sp³-hybridized carbons (Fsp3) is 0.429. The van der Waals surface area contributed by atoms with Gasteiger partial charge in [0.15, 0.2) is 0 Å². The molecule has 0 spiro atoms. The van der Waals surface area contributed by atoms with Gasteiger partial charge in [0.2, 0.25) is 0 Å². The molecule has 0 aliphatic carbocycles. The lowest BCUT2D eigenvalue weighted by Gasteiger charge is -2.35. The van der Waals surface area contributed by atoms with Crippen molar-refractivity contribution >= 4 is 15.9 Å². The van der Waals surface area contributed by atoms with Gasteiger partial charge in [-0.1, -0.05) is 90.4 Å². The fourth-order valence-corrected chi connectivity index (χ4v) is 3.49. The SMILES string of the molecule is CC(C)C[C@@H]([C@H](O)CBr)N(Cc1ccccc1)Cc1ccccc1. The highest BCUT2D eigenvalue weighted by Crippen LogP contribution is 2.22. The van der Waals surface area contributed by atoms with Crippen LogP contribution in [0.25, 0.3) is 0 Å². The first-order valence-corrected chi connectivity index (χ1v) is 9.78. The van der Waals surface area contributed by atoms with E-state index in [1.807, 2.05) is 12.1 Å². The van der Waals surface area contributed by atoms with Crippen molar-refractivity contribution in [3.05, 3.63) is 71.8 Å². The maximum atomic E-state index is 10.6. The van der Waals surface area contributed by atoms with E-state index in [4.69, 9.17) is 0 Å². The van der Waals surface area contributed by atoms with E-state index >= 15 is 0 Å². The van der Waals surface area contributed by atoms with Crippen molar-refractivity contribution in [2.45, 2.75) is 45.5 Å². The Hall–Kier alpha value is -1.16. The predicted molar refractivity (Wildman–Crippen MR) is 105 cm³/mol. The molecular weight excluding hydrogens is 362 g/mol. The molecule has 0 saturated carbocycles. The van der Waals surface area contributed by atoms with Gasteiger partial charge in [-0.15, -0.1) is 0 Å². The number of halogens is 1. The van der Waals surface area contributed by atoms with E-state index in [0.717, 1.165) is 19.5 Å². The molecule has 130 valence electrons. The molecule has 2 aromatic rings. The summed E-state index contributed by atoms with van der Waals surface area (Å²) in [4.78, 5) is 2.41. The Labute approximate surface area is 154 Å². The molecule has 0 amide bonds. The van der Waals surface area contributed by atoms with Crippen molar-refractivity contribution in [1.82, 2.24) is 4.90 Å². The van der Waals surface area contributed by atoms with Gasteiger partial charge in [0, 0.05) is 24.5 Å². The molecule has 0 bridgehead atoms. The molecule has 0 aromatic heterocycles. The van der Waals surface area contributed by atoms with Crippen LogP contribution in [0.3, 0.4) is 0 Å². The zero-order valence-corrected chi connectivity index (χ0v) is 16.2. The lowest BCUT2D eigenvalue weighted by molar-refractivity contribution is 0.0419. The van der Waals surface area contributed by atoms with Gasteiger partial charge in [-0.25, -0.2) is 0 Å². The number of aliphatic hydroxyl groups excluding tert-OH is 1. The standard InChI is InChI=1S/C21H28BrNO/c1-17(2)13-20(21(24)14-22)23(15-18-9-5-3-6-10-18)16-19-11-7-4-8-12-19/h3-12,17,20-21,24H,13-16H2,1-2H3/t20-,21+/m0/s1. The van der Waals surface area contributed by atoms with Crippen LogP contribution in [0.5, 0.6) is 0 Å². The summed E-state index contributed by atoms with van der Waals surface area (Å²) >= 11 is 3.47. The van der Waals surface area contributed by atoms with Crippen LogP contribution >= 0.6 is 15.9 Å². The van der Waals surface area contributed by atoms with E-state index in [0.29, 0.717) is 11.2 Å². The van der Waals surface area contributed by atoms with E-state index in [2.05, 4.69) is 83.2 Å². The molecule has 0 heterocycles. The van der Waals surface area contributed by atoms with Gasteiger partial charge in [0.1, 0.15) is 0 Å². The molecule has 2 nitrogen and oxygen atoms in total. The molecule has 0 radical (unpaired) electrons. The number of benzene rings is 2. The Balaban J connectivity index is 2.24. The van der Waals surface area contributed by atoms with Gasteiger partial charge in [-0.05, 0) is 23.5 Å². The van der Waals surface area contributed by atoms with Crippen LogP contribution in [0.1, 0.15) is 31.4 Å². The highest BCUT2D eigenvalue weighted by atomic mass is 79.9. The van der Waals surface area contributed by atoms with Crippen molar-refractivity contribution in [3.8, 4) is 0 Å². The van der Waals surface area contributed by atoms with Crippen molar-refractivity contribution in [2.24, 2.45) is 5.92 Å². The molecule has 3 heteroatoms. The summed E-state index contributed by atoms with van der Waals surface area (Å²) in [6, 6.07) is 21.2. The Bertz CT molecular complexity index is 531. The largest absolute Gasteiger partial charge is 0.391 e. The summed E-state index contributed by atoms with van der Waals surface area (Å²) in [7, 11) is 0. The van der Waals surface area contributed by atoms with E-state index in [1.54, 1.807) is 0 Å². The number of nitrogens with zero attached hydrogens (tertiary/aromatic N) is 1. The topological polar surface area (TPSA) is 23.5 Å². The van der Waals surface area contributed by atoms with Crippen molar-refractivity contribution in [1.29, 1.82) is 0 Å². The maximum Gasteiger partial charge on any atom is 0.0792 e. The quantitative estimate of drug-likeness (QED) is 0.618. The second kappa shape index (κ2) is 9.97. The Kier molecular flexibility index (Phi) is 7.97. The van der Waals surface area contributed by atoms with Crippen LogP contribution in [0.15, 0.2) is 60.7 Å². The third-order valence-corrected chi connectivity index (χ3v) is 4.90. The average Bonchev–Trinajstić information content (AvgIpc) is 2.60. The van der Waals surface area contributed by atoms with Crippen LogP contribution in [0.4, 0.5) is 0 Å². The summed E-state index contributed by atoms with van der Waals surface area (Å²) in [6.07, 6.45) is 0.603. The van der Waals surface area contributed by atoms with Crippen LogP contribution in [-0.4, -0.2) is 27.5 Å². The summed E-state index contributed by atoms with van der Waals surface area (Å²) in [5.74, 6) is 0.540. The first kappa shape index (κ1) is 19.2. The molecular formula is C21H28BrNO. The van der Waals surface area contributed by atoms with E-state index in [-0.39, 0.29) is 12.1 Å². The number of aliphatic hydroxyl groups is 1. The zero-order valence-electron chi connectivity index (χ0n) is 14.6. The Morgan fingerprint density at radius 3 is 1.71 bits per heavy atom. The van der Waals surface area contributed by atoms with Crippen LogP contribution in [-0.2, 0) is 13.1 Å². The third kappa shape index (κ3) is 6.04. The monoisotopic (exact) mass is 389 g/mol. The van der Waals surface area contributed by atoms with Gasteiger partial charge in [-0.3, -0.25) is 4.90 Å². The molecule has 2 rings (SSSR count). The second-order valence-corrected chi connectivity index (χ2v) is 7.44. The smallest absolute Gasteiger partial charge is 0.0792 e. The molecule has 2 aromatic carbocycles. The Morgan fingerprint density at radius 1 is 0.875 bits per heavy atom. The summed E-state index contributed by atoms with van der Waals surface area (Å²) in [5.41, 5.74) is 2.56. The van der Waals surface area contributed by atoms with Gasteiger partial charge in [0.25, 0.3) is 0 Å². The average molecular weight is 390 g/mol. The van der Waals surface area contributed by atoms with Gasteiger partial charge in [-0.2, -0.15) is 0 Å². The Morgan fingerprint density at radius 2 is 1.33 bits per heavy atom. The van der Waals surface area contributed by atoms with Gasteiger partial charge in [0.05, 0.1) is 6.10 Å². The van der Waals surface area contributed by atoms with Crippen LogP contribution in [0.2, 0.25) is 0 Å². The number of rotatable bonds is 9. The fourth-order valence-electron chi connectivity index (χ4n) is 3.06. The lowest BCUT2D eigenvalue weighted by atomic mass is 9.97. The second-order valence-electron chi connectivity index (χ2n) is 6.79. The molecule has 0 aliphatic rings. The van der Waals surface area contributed by atoms with Crippen LogP contribution in [0, 0.1) is 5.92 Å². The van der Waals surface area contributed by atoms with E-state index in [1.165, 1.54) is 11.1 Å². The molecule has 1 N–H and O–H groups in total. The molecule has 0 fully saturated rings. The summed E-state index contributed by atoms with van der Waals surface area (Å²) < 4.78 is 0. The van der Waals surface area contributed by atoms with Gasteiger partial charge >= 0.3 is 0 Å². The third-order valence-electron chi connectivity index (χ3n) is 4.24. The maximum absolute atomic E-state index is 10.6. The molecule has 2 atom stereocenters. The molecule has 0 saturated heterocycles. The number of hydrogen-bond donors (Lipinski definition) is 1. The van der Waals surface area contributed by atoms with Crippen molar-refractivity contribution in [3.63, 3.8) is 0 Å². The molecule has 24 heavy (non-hydrogen) atoms. The summed E-state index contributed by atoms with van der Waals surface area (Å²) in [6.45, 7) is 6.13. The lowest BCUT2D eigenvalue weighted by Crippen LogP contribution is -2.44. The normalized spacial score (nSPS) is 14.1. The highest BCUT2D eigenvalue weighted by molar-refractivity contribution is 9.09. The minimum absolute atomic E-state index is 0.129. The van der Waals surface area contributed by atoms with Gasteiger partial charge < -0.3 is 5.11 Å². The van der Waals surface area contributed by atoms with E-state index in [9.17, 15) is 5.11 Å². The first-order chi connectivity index (χ1) is 11.6. The molecule has 0 unspecified atom stereocenters. The number of hydrogen-bond acceptors (Lipinski definition) is 2. The predicted octanol–water partition coefficient (Wildman–Crippen LogP) is 4.86. The zero-order chi connectivity index (χ0) is 17.4. The van der Waals surface area contributed by atoms with Crippen LogP contribution < -0.4 is 0 Å². The number of alkyl halides is 1.